The molecule has 98 valence electrons. The van der Waals surface area contributed by atoms with Crippen molar-refractivity contribution < 1.29 is 12.8 Å². The Balaban J connectivity index is 2.49. The van der Waals surface area contributed by atoms with Gasteiger partial charge in [-0.1, -0.05) is 6.92 Å². The third kappa shape index (κ3) is 4.49. The van der Waals surface area contributed by atoms with Gasteiger partial charge in [-0.15, -0.1) is 0 Å². The van der Waals surface area contributed by atoms with Gasteiger partial charge in [-0.2, -0.15) is 0 Å². The van der Waals surface area contributed by atoms with Crippen LogP contribution in [0.15, 0.2) is 16.5 Å². The highest BCUT2D eigenvalue weighted by Crippen LogP contribution is 2.20. The third-order valence-corrected chi connectivity index (χ3v) is 4.48. The molecule has 1 atom stereocenters. The van der Waals surface area contributed by atoms with E-state index in [-0.39, 0.29) is 17.5 Å². The Morgan fingerprint density at radius 2 is 2.18 bits per heavy atom. The van der Waals surface area contributed by atoms with Gasteiger partial charge in [-0.05, 0) is 31.9 Å². The summed E-state index contributed by atoms with van der Waals surface area (Å²) in [5, 5.41) is 0. The molecule has 1 heterocycles. The number of hydrazine groups is 1. The van der Waals surface area contributed by atoms with Crippen LogP contribution < -0.4 is 11.3 Å². The Morgan fingerprint density at radius 3 is 2.65 bits per heavy atom. The van der Waals surface area contributed by atoms with E-state index in [1.807, 2.05) is 19.1 Å². The lowest BCUT2D eigenvalue weighted by Gasteiger charge is -2.12. The molecule has 0 aromatic carbocycles. The van der Waals surface area contributed by atoms with Crippen LogP contribution in [0, 0.1) is 6.92 Å². The van der Waals surface area contributed by atoms with E-state index in [2.05, 4.69) is 5.43 Å². The smallest absolute Gasteiger partial charge is 0.150 e. The van der Waals surface area contributed by atoms with Crippen LogP contribution in [0.1, 0.15) is 37.3 Å². The number of nitrogens with one attached hydrogen (secondary N) is 1. The van der Waals surface area contributed by atoms with E-state index < -0.39 is 9.84 Å². The van der Waals surface area contributed by atoms with Gasteiger partial charge in [0, 0.05) is 5.75 Å². The second-order valence-corrected chi connectivity index (χ2v) is 6.52. The summed E-state index contributed by atoms with van der Waals surface area (Å²) in [6.07, 6.45) is 1.22. The van der Waals surface area contributed by atoms with E-state index in [0.717, 1.165) is 11.5 Å². The lowest BCUT2D eigenvalue weighted by atomic mass is 10.1. The van der Waals surface area contributed by atoms with Gasteiger partial charge in [0.25, 0.3) is 0 Å². The second kappa shape index (κ2) is 6.18. The van der Waals surface area contributed by atoms with Crippen LogP contribution in [0.3, 0.4) is 0 Å². The van der Waals surface area contributed by atoms with Crippen LogP contribution in [0.4, 0.5) is 0 Å². The lowest BCUT2D eigenvalue weighted by Crippen LogP contribution is -2.28. The van der Waals surface area contributed by atoms with Crippen LogP contribution in [0.5, 0.6) is 0 Å². The van der Waals surface area contributed by atoms with E-state index in [9.17, 15) is 8.42 Å². The van der Waals surface area contributed by atoms with Crippen molar-refractivity contribution in [2.24, 2.45) is 5.84 Å². The molecule has 17 heavy (non-hydrogen) atoms. The summed E-state index contributed by atoms with van der Waals surface area (Å²) in [4.78, 5) is 0. The molecule has 0 amide bonds. The topological polar surface area (TPSA) is 85.3 Å². The number of furan rings is 1. The monoisotopic (exact) mass is 260 g/mol. The average Bonchev–Trinajstić information content (AvgIpc) is 2.71. The van der Waals surface area contributed by atoms with Crippen molar-refractivity contribution in [1.29, 1.82) is 0 Å². The fraction of sp³-hybridized carbons (Fsp3) is 0.636. The van der Waals surface area contributed by atoms with Crippen molar-refractivity contribution in [3.05, 3.63) is 23.7 Å². The molecule has 5 nitrogen and oxygen atoms in total. The van der Waals surface area contributed by atoms with Gasteiger partial charge in [0.2, 0.25) is 0 Å². The molecule has 3 N–H and O–H groups in total. The van der Waals surface area contributed by atoms with Crippen molar-refractivity contribution in [3.8, 4) is 0 Å². The molecule has 0 bridgehead atoms. The molecule has 1 unspecified atom stereocenters. The van der Waals surface area contributed by atoms with E-state index in [1.165, 1.54) is 0 Å². The normalized spacial score (nSPS) is 13.8. The molecule has 0 aliphatic carbocycles. The maximum atomic E-state index is 11.3. The number of nitrogens with two attached hydrogens (primary N) is 1. The molecule has 1 rings (SSSR count). The first kappa shape index (κ1) is 14.2. The number of hydrogen-bond donors (Lipinski definition) is 2. The Hall–Kier alpha value is -0.850. The molecule has 1 aromatic heterocycles. The highest BCUT2D eigenvalue weighted by atomic mass is 32.2. The van der Waals surface area contributed by atoms with Crippen molar-refractivity contribution >= 4 is 9.84 Å². The van der Waals surface area contributed by atoms with Gasteiger partial charge in [0.05, 0.1) is 11.8 Å². The zero-order valence-electron chi connectivity index (χ0n) is 10.3. The van der Waals surface area contributed by atoms with Gasteiger partial charge < -0.3 is 4.42 Å². The zero-order valence-corrected chi connectivity index (χ0v) is 11.1. The SMILES string of the molecule is CCS(=O)(=O)CCCC(NN)c1ccc(C)o1. The van der Waals surface area contributed by atoms with Crippen LogP contribution in [-0.4, -0.2) is 19.9 Å². The van der Waals surface area contributed by atoms with Crippen molar-refractivity contribution in [1.82, 2.24) is 5.43 Å². The van der Waals surface area contributed by atoms with Crippen LogP contribution >= 0.6 is 0 Å². The molecule has 1 aromatic rings. The van der Waals surface area contributed by atoms with Gasteiger partial charge >= 0.3 is 0 Å². The van der Waals surface area contributed by atoms with E-state index >= 15 is 0 Å². The molecular weight excluding hydrogens is 240 g/mol. The number of sulfone groups is 1. The van der Waals surface area contributed by atoms with Gasteiger partial charge in [-0.25, -0.2) is 13.8 Å². The van der Waals surface area contributed by atoms with Gasteiger partial charge in [0.1, 0.15) is 21.4 Å². The fourth-order valence-electron chi connectivity index (χ4n) is 1.60. The summed E-state index contributed by atoms with van der Waals surface area (Å²) in [5.41, 5.74) is 2.65. The second-order valence-electron chi connectivity index (χ2n) is 4.05. The summed E-state index contributed by atoms with van der Waals surface area (Å²) in [5.74, 6) is 7.39. The summed E-state index contributed by atoms with van der Waals surface area (Å²) in [7, 11) is -2.90. The Morgan fingerprint density at radius 1 is 1.47 bits per heavy atom. The Bertz CT molecular complexity index is 439. The van der Waals surface area contributed by atoms with Crippen molar-refractivity contribution in [2.45, 2.75) is 32.7 Å². The summed E-state index contributed by atoms with van der Waals surface area (Å²) in [6.45, 7) is 3.52. The maximum absolute atomic E-state index is 11.3. The number of rotatable bonds is 7. The number of hydrogen-bond acceptors (Lipinski definition) is 5. The third-order valence-electron chi connectivity index (χ3n) is 2.69. The molecule has 0 aliphatic rings. The molecule has 0 aliphatic heterocycles. The maximum Gasteiger partial charge on any atom is 0.150 e. The minimum Gasteiger partial charge on any atom is -0.465 e. The first-order valence-corrected chi connectivity index (χ1v) is 7.53. The molecule has 0 saturated carbocycles. The first-order valence-electron chi connectivity index (χ1n) is 5.71. The van der Waals surface area contributed by atoms with Gasteiger partial charge in [0.15, 0.2) is 0 Å². The largest absolute Gasteiger partial charge is 0.465 e. The number of aryl methyl sites for hydroxylation is 1. The Kier molecular flexibility index (Phi) is 5.17. The predicted octanol–water partition coefficient (Wildman–Crippen LogP) is 1.31. The van der Waals surface area contributed by atoms with Crippen LogP contribution in [-0.2, 0) is 9.84 Å². The lowest BCUT2D eigenvalue weighted by molar-refractivity contribution is 0.387. The Labute approximate surface area is 102 Å². The fourth-order valence-corrected chi connectivity index (χ4v) is 2.50. The quantitative estimate of drug-likeness (QED) is 0.570. The molecule has 6 heteroatoms. The standard InChI is InChI=1S/C11H20N2O3S/c1-3-17(14,15)8-4-5-10(13-12)11-7-6-9(2)16-11/h6-7,10,13H,3-5,8,12H2,1-2H3. The molecule has 0 radical (unpaired) electrons. The van der Waals surface area contributed by atoms with Crippen LogP contribution in [0.2, 0.25) is 0 Å². The van der Waals surface area contributed by atoms with E-state index in [0.29, 0.717) is 12.8 Å². The van der Waals surface area contributed by atoms with Crippen molar-refractivity contribution in [3.63, 3.8) is 0 Å². The minimum absolute atomic E-state index is 0.129. The average molecular weight is 260 g/mol. The summed E-state index contributed by atoms with van der Waals surface area (Å²) in [6, 6.07) is 3.59. The first-order chi connectivity index (χ1) is 7.98. The molecular formula is C11H20N2O3S. The van der Waals surface area contributed by atoms with Crippen molar-refractivity contribution in [2.75, 3.05) is 11.5 Å². The highest BCUT2D eigenvalue weighted by Gasteiger charge is 2.15. The zero-order chi connectivity index (χ0) is 12.9. The summed E-state index contributed by atoms with van der Waals surface area (Å²) >= 11 is 0. The van der Waals surface area contributed by atoms with E-state index in [4.69, 9.17) is 10.3 Å². The molecule has 0 spiro atoms. The van der Waals surface area contributed by atoms with Gasteiger partial charge in [-0.3, -0.25) is 5.84 Å². The molecule has 0 saturated heterocycles. The van der Waals surface area contributed by atoms with Crippen LogP contribution in [0.25, 0.3) is 0 Å². The summed E-state index contributed by atoms with van der Waals surface area (Å²) < 4.78 is 28.1. The predicted molar refractivity (Wildman–Crippen MR) is 67.1 cm³/mol. The van der Waals surface area contributed by atoms with E-state index in [1.54, 1.807) is 6.92 Å². The highest BCUT2D eigenvalue weighted by molar-refractivity contribution is 7.91. The molecule has 0 fully saturated rings. The minimum atomic E-state index is -2.90.